The number of hydrogen-bond donors (Lipinski definition) is 3. The predicted molar refractivity (Wildman–Crippen MR) is 79.9 cm³/mol. The predicted octanol–water partition coefficient (Wildman–Crippen LogP) is 0.0406. The highest BCUT2D eigenvalue weighted by Crippen LogP contribution is 2.20. The summed E-state index contributed by atoms with van der Waals surface area (Å²) in [5, 5.41) is 25.1. The van der Waals surface area contributed by atoms with Crippen LogP contribution in [0.25, 0.3) is 5.65 Å². The zero-order valence-corrected chi connectivity index (χ0v) is 13.0. The summed E-state index contributed by atoms with van der Waals surface area (Å²) < 4.78 is 2.56. The van der Waals surface area contributed by atoms with E-state index in [9.17, 15) is 20.0 Å². The minimum Gasteiger partial charge on any atom is -0.477 e. The van der Waals surface area contributed by atoms with Gasteiger partial charge in [0.1, 0.15) is 6.07 Å². The zero-order chi connectivity index (χ0) is 16.7. The largest absolute Gasteiger partial charge is 0.477 e. The fourth-order valence-corrected chi connectivity index (χ4v) is 2.54. The van der Waals surface area contributed by atoms with Gasteiger partial charge in [0.05, 0.1) is 12.7 Å². The Balaban J connectivity index is 2.27. The van der Waals surface area contributed by atoms with Crippen LogP contribution in [0.4, 0.5) is 0 Å². The van der Waals surface area contributed by atoms with Gasteiger partial charge in [-0.2, -0.15) is 9.83 Å². The molecule has 1 fully saturated rings. The van der Waals surface area contributed by atoms with Crippen LogP contribution in [0.1, 0.15) is 42.6 Å². The van der Waals surface area contributed by atoms with Crippen LogP contribution < -0.4 is 15.4 Å². The summed E-state index contributed by atoms with van der Waals surface area (Å²) in [4.78, 5) is 24.9. The normalized spacial score (nSPS) is 14.2. The van der Waals surface area contributed by atoms with Gasteiger partial charge in [-0.3, -0.25) is 4.79 Å². The monoisotopic (exact) mass is 316 g/mol. The van der Waals surface area contributed by atoms with Gasteiger partial charge >= 0.3 is 17.1 Å². The number of H-pyrrole nitrogens is 1. The van der Waals surface area contributed by atoms with Crippen LogP contribution in [-0.2, 0) is 6.54 Å². The molecular weight excluding hydrogens is 298 g/mol. The molecular formula is C15H18N5O3+. The second kappa shape index (κ2) is 5.43. The molecule has 0 unspecified atom stereocenters. The lowest BCUT2D eigenvalue weighted by Gasteiger charge is -2.09. The minimum atomic E-state index is -0.669. The molecule has 1 saturated carbocycles. The number of nitrogens with zero attached hydrogens (tertiary/aromatic N) is 3. The van der Waals surface area contributed by atoms with E-state index in [-0.39, 0.29) is 28.7 Å². The number of aromatic amines is 1. The van der Waals surface area contributed by atoms with Crippen molar-refractivity contribution in [3.05, 3.63) is 27.7 Å². The summed E-state index contributed by atoms with van der Waals surface area (Å²) in [5.41, 5.74) is -0.489. The highest BCUT2D eigenvalue weighted by molar-refractivity contribution is 5.96. The summed E-state index contributed by atoms with van der Waals surface area (Å²) >= 11 is 0. The number of nitrogens with one attached hydrogen (secondary N) is 2. The molecule has 3 rings (SSSR count). The van der Waals surface area contributed by atoms with Crippen molar-refractivity contribution in [3.63, 3.8) is 0 Å². The van der Waals surface area contributed by atoms with E-state index in [0.717, 1.165) is 17.4 Å². The van der Waals surface area contributed by atoms with Crippen molar-refractivity contribution in [1.29, 1.82) is 5.26 Å². The second-order valence-electron chi connectivity index (χ2n) is 6.21. The lowest BCUT2D eigenvalue weighted by atomic mass is 10.2. The number of rotatable bonds is 4. The molecule has 2 aromatic heterocycles. The minimum absolute atomic E-state index is 0.0684. The molecule has 1 aliphatic carbocycles. The third-order valence-corrected chi connectivity index (χ3v) is 3.75. The smallest absolute Gasteiger partial charge is 0.378 e. The molecule has 0 atom stereocenters. The average molecular weight is 316 g/mol. The topological polar surface area (TPSA) is 114 Å². The molecule has 8 nitrogen and oxygen atoms in total. The van der Waals surface area contributed by atoms with E-state index in [0.29, 0.717) is 6.54 Å². The summed E-state index contributed by atoms with van der Waals surface area (Å²) in [7, 11) is 0. The van der Waals surface area contributed by atoms with Gasteiger partial charge < -0.3 is 10.4 Å². The molecule has 0 bridgehead atoms. The van der Waals surface area contributed by atoms with Gasteiger partial charge in [0.25, 0.3) is 5.91 Å². The molecule has 1 amide bonds. The van der Waals surface area contributed by atoms with E-state index in [4.69, 9.17) is 0 Å². The molecule has 0 saturated heterocycles. The van der Waals surface area contributed by atoms with Gasteiger partial charge in [-0.15, -0.1) is 0 Å². The molecule has 2 aromatic rings. The van der Waals surface area contributed by atoms with Crippen LogP contribution in [0.2, 0.25) is 0 Å². The summed E-state index contributed by atoms with van der Waals surface area (Å²) in [6.45, 7) is 4.25. The van der Waals surface area contributed by atoms with Gasteiger partial charge in [0, 0.05) is 6.04 Å². The number of aromatic nitrogens is 3. The first kappa shape index (κ1) is 15.1. The first-order valence-corrected chi connectivity index (χ1v) is 7.54. The van der Waals surface area contributed by atoms with E-state index >= 15 is 0 Å². The van der Waals surface area contributed by atoms with Crippen molar-refractivity contribution < 1.29 is 14.5 Å². The first-order chi connectivity index (χ1) is 10.9. The summed E-state index contributed by atoms with van der Waals surface area (Å²) in [6, 6.07) is 2.05. The third kappa shape index (κ3) is 2.54. The van der Waals surface area contributed by atoms with Crippen molar-refractivity contribution >= 4 is 11.6 Å². The Morgan fingerprint density at radius 2 is 2.30 bits per heavy atom. The molecule has 0 spiro atoms. The Morgan fingerprint density at radius 3 is 2.87 bits per heavy atom. The molecule has 8 heteroatoms. The van der Waals surface area contributed by atoms with Crippen LogP contribution in [0.15, 0.2) is 11.0 Å². The standard InChI is InChI=1S/C15H17N5O3/c1-8(2)7-19-13-9(5-16)6-17-20(13)15(23)11(14(19)22)12(21)18-10-3-4-10/h6,8,10H,3-4,7H2,1-2H3,(H2,18,21,22,23)/p+1. The van der Waals surface area contributed by atoms with Gasteiger partial charge in [0.2, 0.25) is 5.56 Å². The summed E-state index contributed by atoms with van der Waals surface area (Å²) in [6.07, 6.45) is 3.14. The van der Waals surface area contributed by atoms with Crippen molar-refractivity contribution in [2.75, 3.05) is 0 Å². The van der Waals surface area contributed by atoms with Crippen LogP contribution in [-0.4, -0.2) is 26.7 Å². The van der Waals surface area contributed by atoms with E-state index < -0.39 is 17.3 Å². The number of hydrogen-bond acceptors (Lipinski definition) is 4. The van der Waals surface area contributed by atoms with E-state index in [1.807, 2.05) is 19.9 Å². The SMILES string of the molecule is CC(C)C[n+]1c(O)c(C(=O)NC2CC2)c(=O)n2[nH]cc(C#N)c21. The molecule has 120 valence electrons. The molecule has 2 heterocycles. The van der Waals surface area contributed by atoms with Gasteiger partial charge in [-0.25, -0.2) is 9.89 Å². The highest BCUT2D eigenvalue weighted by atomic mass is 16.3. The Kier molecular flexibility index (Phi) is 3.56. The maximum atomic E-state index is 12.5. The Hall–Kier alpha value is -2.82. The maximum absolute atomic E-state index is 12.5. The van der Waals surface area contributed by atoms with E-state index in [1.54, 1.807) is 0 Å². The van der Waals surface area contributed by atoms with Crippen molar-refractivity contribution in [3.8, 4) is 11.9 Å². The lowest BCUT2D eigenvalue weighted by molar-refractivity contribution is -0.686. The molecule has 23 heavy (non-hydrogen) atoms. The fraction of sp³-hybridized carbons (Fsp3) is 0.467. The Bertz CT molecular complexity index is 883. The number of fused-ring (bicyclic) bond motifs is 1. The first-order valence-electron chi connectivity index (χ1n) is 7.54. The Labute approximate surface area is 132 Å². The fourth-order valence-electron chi connectivity index (χ4n) is 2.54. The van der Waals surface area contributed by atoms with Crippen LogP contribution in [0, 0.1) is 17.2 Å². The number of aromatic hydroxyl groups is 1. The molecule has 3 N–H and O–H groups in total. The molecule has 0 aliphatic heterocycles. The zero-order valence-electron chi connectivity index (χ0n) is 13.0. The quantitative estimate of drug-likeness (QED) is 0.691. The molecule has 0 aromatic carbocycles. The van der Waals surface area contributed by atoms with Crippen LogP contribution in [0.3, 0.4) is 0 Å². The summed E-state index contributed by atoms with van der Waals surface area (Å²) in [5.74, 6) is -0.846. The van der Waals surface area contributed by atoms with E-state index in [2.05, 4.69) is 10.4 Å². The van der Waals surface area contributed by atoms with Gasteiger partial charge in [-0.1, -0.05) is 18.4 Å². The number of nitriles is 1. The molecule has 1 aliphatic rings. The van der Waals surface area contributed by atoms with Crippen molar-refractivity contribution in [1.82, 2.24) is 14.9 Å². The highest BCUT2D eigenvalue weighted by Gasteiger charge is 2.34. The number of amides is 1. The van der Waals surface area contributed by atoms with E-state index in [1.165, 1.54) is 10.8 Å². The maximum Gasteiger partial charge on any atom is 0.378 e. The van der Waals surface area contributed by atoms with Crippen molar-refractivity contribution in [2.45, 2.75) is 39.3 Å². The second-order valence-corrected chi connectivity index (χ2v) is 6.21. The average Bonchev–Trinajstić information content (AvgIpc) is 3.18. The van der Waals surface area contributed by atoms with Gasteiger partial charge in [0.15, 0.2) is 5.56 Å². The number of carbonyl (C=O) groups excluding carboxylic acids is 1. The number of carbonyl (C=O) groups is 1. The van der Waals surface area contributed by atoms with Crippen LogP contribution >= 0.6 is 0 Å². The third-order valence-electron chi connectivity index (χ3n) is 3.75. The van der Waals surface area contributed by atoms with Crippen LogP contribution in [0.5, 0.6) is 5.88 Å². The Morgan fingerprint density at radius 1 is 1.61 bits per heavy atom. The van der Waals surface area contributed by atoms with Crippen molar-refractivity contribution in [2.24, 2.45) is 5.92 Å². The van der Waals surface area contributed by atoms with Gasteiger partial charge in [-0.05, 0) is 18.8 Å². The molecule has 0 radical (unpaired) electrons. The lowest BCUT2D eigenvalue weighted by Crippen LogP contribution is -2.46.